The van der Waals surface area contributed by atoms with Gasteiger partial charge in [0.05, 0.1) is 18.1 Å². The monoisotopic (exact) mass is 296 g/mol. The van der Waals surface area contributed by atoms with Crippen LogP contribution < -0.4 is 4.74 Å². The summed E-state index contributed by atoms with van der Waals surface area (Å²) < 4.78 is 11.2. The van der Waals surface area contributed by atoms with Gasteiger partial charge in [-0.15, -0.1) is 0 Å². The fourth-order valence-corrected chi connectivity index (χ4v) is 2.28. The molecule has 1 unspecified atom stereocenters. The summed E-state index contributed by atoms with van der Waals surface area (Å²) in [6.45, 7) is 5.38. The van der Waals surface area contributed by atoms with Crippen molar-refractivity contribution in [3.05, 3.63) is 33.9 Å². The number of hydrogen-bond donors (Lipinski definition) is 1. The summed E-state index contributed by atoms with van der Waals surface area (Å²) in [6.07, 6.45) is -0.0872. The molecule has 7 heteroatoms. The fourth-order valence-electron chi connectivity index (χ4n) is 2.28. The number of aliphatic hydroxyl groups excluding tert-OH is 1. The number of nitrogens with zero attached hydrogens (tertiary/aromatic N) is 2. The van der Waals surface area contributed by atoms with Gasteiger partial charge in [-0.3, -0.25) is 15.0 Å². The van der Waals surface area contributed by atoms with E-state index in [4.69, 9.17) is 14.6 Å². The van der Waals surface area contributed by atoms with Gasteiger partial charge in [0.15, 0.2) is 5.75 Å². The number of likely N-dealkylation sites (N-methyl/N-ethyl adjacent to an activating group) is 1. The molecule has 0 aliphatic carbocycles. The minimum absolute atomic E-state index is 0.0872. The van der Waals surface area contributed by atoms with Gasteiger partial charge in [-0.1, -0.05) is 13.0 Å². The van der Waals surface area contributed by atoms with Crippen molar-refractivity contribution >= 4 is 5.69 Å². The molecule has 0 saturated carbocycles. The quantitative estimate of drug-likeness (QED) is 0.627. The van der Waals surface area contributed by atoms with Gasteiger partial charge in [0.1, 0.15) is 12.7 Å². The zero-order chi connectivity index (χ0) is 15.2. The van der Waals surface area contributed by atoms with Gasteiger partial charge < -0.3 is 14.6 Å². The lowest BCUT2D eigenvalue weighted by Crippen LogP contribution is -2.44. The number of benzene rings is 1. The Bertz CT molecular complexity index is 494. The van der Waals surface area contributed by atoms with Gasteiger partial charge in [-0.05, 0) is 18.2 Å². The smallest absolute Gasteiger partial charge is 0.311 e. The molecule has 1 aliphatic heterocycles. The average Bonchev–Trinajstić information content (AvgIpc) is 2.52. The molecule has 1 atom stereocenters. The molecular formula is C14H20N2O5. The van der Waals surface area contributed by atoms with Crippen LogP contribution in [0.1, 0.15) is 12.5 Å². The van der Waals surface area contributed by atoms with Crippen molar-refractivity contribution in [3.63, 3.8) is 0 Å². The van der Waals surface area contributed by atoms with Crippen molar-refractivity contribution in [1.82, 2.24) is 4.90 Å². The largest absolute Gasteiger partial charge is 0.484 e. The highest BCUT2D eigenvalue weighted by Crippen LogP contribution is 2.28. The van der Waals surface area contributed by atoms with Crippen molar-refractivity contribution in [2.75, 3.05) is 32.8 Å². The molecular weight excluding hydrogens is 276 g/mol. The SMILES string of the molecule is CCN1CCOC(COc2ccc(CO)cc2[N+](=O)[O-])C1. The standard InChI is InChI=1S/C14H20N2O5/c1-2-15-5-6-20-12(8-15)10-21-14-4-3-11(9-17)7-13(14)16(18)19/h3-4,7,12,17H,2,5-6,8-10H2,1H3. The van der Waals surface area contributed by atoms with E-state index >= 15 is 0 Å². The van der Waals surface area contributed by atoms with E-state index in [1.807, 2.05) is 0 Å². The van der Waals surface area contributed by atoms with Crippen LogP contribution in [-0.4, -0.2) is 53.9 Å². The number of rotatable bonds is 6. The third-order valence-corrected chi connectivity index (χ3v) is 3.50. The summed E-state index contributed by atoms with van der Waals surface area (Å²) in [5, 5.41) is 20.1. The number of nitro benzene ring substituents is 1. The second-order valence-corrected chi connectivity index (χ2v) is 4.91. The highest BCUT2D eigenvalue weighted by atomic mass is 16.6. The normalized spacial score (nSPS) is 19.4. The second kappa shape index (κ2) is 7.35. The van der Waals surface area contributed by atoms with Crippen molar-refractivity contribution < 1.29 is 19.5 Å². The van der Waals surface area contributed by atoms with E-state index in [1.165, 1.54) is 12.1 Å². The van der Waals surface area contributed by atoms with E-state index < -0.39 is 4.92 Å². The summed E-state index contributed by atoms with van der Waals surface area (Å²) in [7, 11) is 0. The van der Waals surface area contributed by atoms with Crippen LogP contribution in [0.3, 0.4) is 0 Å². The molecule has 0 bridgehead atoms. The number of aliphatic hydroxyl groups is 1. The maximum absolute atomic E-state index is 11.0. The van der Waals surface area contributed by atoms with Crippen molar-refractivity contribution in [1.29, 1.82) is 0 Å². The van der Waals surface area contributed by atoms with Gasteiger partial charge in [0.25, 0.3) is 0 Å². The number of ether oxygens (including phenoxy) is 2. The third-order valence-electron chi connectivity index (χ3n) is 3.50. The van der Waals surface area contributed by atoms with E-state index in [1.54, 1.807) is 6.07 Å². The van der Waals surface area contributed by atoms with Gasteiger partial charge in [-0.25, -0.2) is 0 Å². The van der Waals surface area contributed by atoms with Gasteiger partial charge in [0.2, 0.25) is 0 Å². The Morgan fingerprint density at radius 3 is 3.05 bits per heavy atom. The molecule has 1 aliphatic rings. The zero-order valence-corrected chi connectivity index (χ0v) is 12.0. The predicted molar refractivity (Wildman–Crippen MR) is 76.4 cm³/mol. The minimum atomic E-state index is -0.505. The molecule has 0 aromatic heterocycles. The number of hydrogen-bond acceptors (Lipinski definition) is 6. The lowest BCUT2D eigenvalue weighted by molar-refractivity contribution is -0.386. The van der Waals surface area contributed by atoms with Crippen LogP contribution in [0.5, 0.6) is 5.75 Å². The Morgan fingerprint density at radius 2 is 2.38 bits per heavy atom. The fraction of sp³-hybridized carbons (Fsp3) is 0.571. The molecule has 1 aromatic rings. The first-order chi connectivity index (χ1) is 10.1. The molecule has 1 aromatic carbocycles. The zero-order valence-electron chi connectivity index (χ0n) is 12.0. The number of nitro groups is 1. The molecule has 2 rings (SSSR count). The summed E-state index contributed by atoms with van der Waals surface area (Å²) in [6, 6.07) is 4.46. The molecule has 116 valence electrons. The first-order valence-corrected chi connectivity index (χ1v) is 6.99. The third kappa shape index (κ3) is 4.13. The summed E-state index contributed by atoms with van der Waals surface area (Å²) in [5.74, 6) is 0.203. The lowest BCUT2D eigenvalue weighted by atomic mass is 10.2. The molecule has 0 amide bonds. The molecule has 1 heterocycles. The first kappa shape index (κ1) is 15.7. The van der Waals surface area contributed by atoms with E-state index in [-0.39, 0.29) is 30.8 Å². The minimum Gasteiger partial charge on any atom is -0.484 e. The van der Waals surface area contributed by atoms with Crippen LogP contribution in [0.2, 0.25) is 0 Å². The van der Waals surface area contributed by atoms with Gasteiger partial charge >= 0.3 is 5.69 Å². The maximum atomic E-state index is 11.0. The topological polar surface area (TPSA) is 85.1 Å². The van der Waals surface area contributed by atoms with Crippen molar-refractivity contribution in [2.45, 2.75) is 19.6 Å². The summed E-state index contributed by atoms with van der Waals surface area (Å²) in [5.41, 5.74) is 0.352. The number of morpholine rings is 1. The van der Waals surface area contributed by atoms with Crippen molar-refractivity contribution in [3.8, 4) is 5.75 Å². The van der Waals surface area contributed by atoms with Crippen LogP contribution in [-0.2, 0) is 11.3 Å². The molecule has 1 fully saturated rings. The molecule has 21 heavy (non-hydrogen) atoms. The van der Waals surface area contributed by atoms with Crippen LogP contribution >= 0.6 is 0 Å². The van der Waals surface area contributed by atoms with E-state index in [2.05, 4.69) is 11.8 Å². The summed E-state index contributed by atoms with van der Waals surface area (Å²) in [4.78, 5) is 12.8. The van der Waals surface area contributed by atoms with Crippen molar-refractivity contribution in [2.24, 2.45) is 0 Å². The van der Waals surface area contributed by atoms with Gasteiger partial charge in [0, 0.05) is 19.2 Å². The Balaban J connectivity index is 2.00. The highest BCUT2D eigenvalue weighted by Gasteiger charge is 2.22. The van der Waals surface area contributed by atoms with Crippen LogP contribution in [0.4, 0.5) is 5.69 Å². The molecule has 7 nitrogen and oxygen atoms in total. The summed E-state index contributed by atoms with van der Waals surface area (Å²) >= 11 is 0. The molecule has 1 N–H and O–H groups in total. The van der Waals surface area contributed by atoms with Crippen LogP contribution in [0.15, 0.2) is 18.2 Å². The van der Waals surface area contributed by atoms with E-state index in [0.717, 1.165) is 19.6 Å². The van der Waals surface area contributed by atoms with Crippen LogP contribution in [0.25, 0.3) is 0 Å². The average molecular weight is 296 g/mol. The predicted octanol–water partition coefficient (Wildman–Crippen LogP) is 1.19. The maximum Gasteiger partial charge on any atom is 0.311 e. The van der Waals surface area contributed by atoms with E-state index in [9.17, 15) is 10.1 Å². The Morgan fingerprint density at radius 1 is 1.57 bits per heavy atom. The Labute approximate surface area is 123 Å². The van der Waals surface area contributed by atoms with E-state index in [0.29, 0.717) is 12.2 Å². The Kier molecular flexibility index (Phi) is 5.49. The van der Waals surface area contributed by atoms with Crippen LogP contribution in [0, 0.1) is 10.1 Å². The Hall–Kier alpha value is -1.70. The lowest BCUT2D eigenvalue weighted by Gasteiger charge is -2.31. The molecule has 0 radical (unpaired) electrons. The second-order valence-electron chi connectivity index (χ2n) is 4.91. The molecule has 0 spiro atoms. The van der Waals surface area contributed by atoms with Gasteiger partial charge in [-0.2, -0.15) is 0 Å². The highest BCUT2D eigenvalue weighted by molar-refractivity contribution is 5.48. The molecule has 1 saturated heterocycles. The first-order valence-electron chi connectivity index (χ1n) is 6.99.